The molecule has 3 nitrogen and oxygen atoms in total. The third-order valence-electron chi connectivity index (χ3n) is 3.24. The van der Waals surface area contributed by atoms with E-state index >= 15 is 0 Å². The van der Waals surface area contributed by atoms with Gasteiger partial charge in [0, 0.05) is 0 Å². The molecular formula is C13H15Cl2FN2O. The molecule has 1 aliphatic heterocycles. The van der Waals surface area contributed by atoms with Crippen LogP contribution in [0.5, 0.6) is 0 Å². The van der Waals surface area contributed by atoms with Crippen LogP contribution in [0.15, 0.2) is 12.1 Å². The van der Waals surface area contributed by atoms with E-state index in [9.17, 15) is 9.18 Å². The second-order valence-corrected chi connectivity index (χ2v) is 5.68. The minimum absolute atomic E-state index is 0.0993. The molecule has 2 unspecified atom stereocenters. The summed E-state index contributed by atoms with van der Waals surface area (Å²) >= 11 is 11.8. The standard InChI is InChI=1S/C13H15Cl2FN2O/c1-7-2-3-17-11(4-7)13(19)18-12-9(14)5-8(16)6-10(12)15/h5-7,11,17H,2-4H2,1H3,(H,18,19). The number of benzene rings is 1. The predicted octanol–water partition coefficient (Wildman–Crippen LogP) is 3.46. The molecular weight excluding hydrogens is 290 g/mol. The average molecular weight is 305 g/mol. The highest BCUT2D eigenvalue weighted by Gasteiger charge is 2.25. The van der Waals surface area contributed by atoms with Gasteiger partial charge >= 0.3 is 0 Å². The van der Waals surface area contributed by atoms with E-state index in [0.717, 1.165) is 31.5 Å². The van der Waals surface area contributed by atoms with Crippen molar-refractivity contribution >= 4 is 34.8 Å². The Morgan fingerprint density at radius 2 is 2.05 bits per heavy atom. The molecule has 2 N–H and O–H groups in total. The van der Waals surface area contributed by atoms with Crippen LogP contribution in [0.3, 0.4) is 0 Å². The maximum absolute atomic E-state index is 13.1. The molecule has 1 amide bonds. The number of halogens is 3. The maximum Gasteiger partial charge on any atom is 0.241 e. The molecule has 0 bridgehead atoms. The van der Waals surface area contributed by atoms with Crippen LogP contribution in [0, 0.1) is 11.7 Å². The number of carbonyl (C=O) groups excluding carboxylic acids is 1. The van der Waals surface area contributed by atoms with Crippen molar-refractivity contribution in [2.45, 2.75) is 25.8 Å². The lowest BCUT2D eigenvalue weighted by Gasteiger charge is -2.27. The Morgan fingerprint density at radius 3 is 2.63 bits per heavy atom. The van der Waals surface area contributed by atoms with Gasteiger partial charge in [0.15, 0.2) is 0 Å². The first kappa shape index (κ1) is 14.6. The molecule has 0 radical (unpaired) electrons. The molecule has 0 saturated carbocycles. The molecule has 2 atom stereocenters. The van der Waals surface area contributed by atoms with Crippen molar-refractivity contribution < 1.29 is 9.18 Å². The molecule has 1 aromatic carbocycles. The zero-order chi connectivity index (χ0) is 14.0. The van der Waals surface area contributed by atoms with Crippen LogP contribution in [-0.4, -0.2) is 18.5 Å². The van der Waals surface area contributed by atoms with Crippen LogP contribution in [-0.2, 0) is 4.79 Å². The first-order chi connectivity index (χ1) is 8.97. The molecule has 1 aliphatic rings. The van der Waals surface area contributed by atoms with Gasteiger partial charge in [-0.3, -0.25) is 4.79 Å². The minimum Gasteiger partial charge on any atom is -0.322 e. The number of amides is 1. The second-order valence-electron chi connectivity index (χ2n) is 4.87. The Bertz CT molecular complexity index is 473. The SMILES string of the molecule is CC1CCNC(C(=O)Nc2c(Cl)cc(F)cc2Cl)C1. The van der Waals surface area contributed by atoms with Gasteiger partial charge in [0.25, 0.3) is 0 Å². The first-order valence-corrected chi connectivity index (χ1v) is 6.91. The summed E-state index contributed by atoms with van der Waals surface area (Å²) in [4.78, 5) is 12.1. The Morgan fingerprint density at radius 1 is 1.42 bits per heavy atom. The largest absolute Gasteiger partial charge is 0.322 e. The van der Waals surface area contributed by atoms with E-state index in [1.54, 1.807) is 0 Å². The zero-order valence-electron chi connectivity index (χ0n) is 10.5. The molecule has 1 saturated heterocycles. The van der Waals surface area contributed by atoms with Crippen molar-refractivity contribution in [3.8, 4) is 0 Å². The van der Waals surface area contributed by atoms with E-state index in [0.29, 0.717) is 5.92 Å². The van der Waals surface area contributed by atoms with E-state index in [-0.39, 0.29) is 27.7 Å². The fraction of sp³-hybridized carbons (Fsp3) is 0.462. The quantitative estimate of drug-likeness (QED) is 0.878. The topological polar surface area (TPSA) is 41.1 Å². The lowest BCUT2D eigenvalue weighted by molar-refractivity contribution is -0.119. The van der Waals surface area contributed by atoms with Crippen molar-refractivity contribution in [3.05, 3.63) is 28.0 Å². The van der Waals surface area contributed by atoms with Gasteiger partial charge < -0.3 is 10.6 Å². The number of hydrogen-bond acceptors (Lipinski definition) is 2. The van der Waals surface area contributed by atoms with Gasteiger partial charge in [-0.15, -0.1) is 0 Å². The summed E-state index contributed by atoms with van der Waals surface area (Å²) in [6, 6.07) is 1.99. The molecule has 0 aliphatic carbocycles. The summed E-state index contributed by atoms with van der Waals surface area (Å²) in [5, 5.41) is 6.01. The highest BCUT2D eigenvalue weighted by molar-refractivity contribution is 6.39. The molecule has 1 heterocycles. The molecule has 1 fully saturated rings. The second kappa shape index (κ2) is 6.07. The number of anilines is 1. The number of nitrogens with one attached hydrogen (secondary N) is 2. The number of carbonyl (C=O) groups is 1. The normalized spacial score (nSPS) is 23.2. The van der Waals surface area contributed by atoms with E-state index in [4.69, 9.17) is 23.2 Å². The van der Waals surface area contributed by atoms with Crippen LogP contribution in [0.1, 0.15) is 19.8 Å². The van der Waals surface area contributed by atoms with Crippen molar-refractivity contribution in [3.63, 3.8) is 0 Å². The smallest absolute Gasteiger partial charge is 0.241 e. The zero-order valence-corrected chi connectivity index (χ0v) is 12.0. The molecule has 1 aromatic rings. The van der Waals surface area contributed by atoms with Crippen LogP contribution in [0.2, 0.25) is 10.0 Å². The minimum atomic E-state index is -0.530. The van der Waals surface area contributed by atoms with Crippen LogP contribution in [0.25, 0.3) is 0 Å². The molecule has 6 heteroatoms. The fourth-order valence-electron chi connectivity index (χ4n) is 2.18. The van der Waals surface area contributed by atoms with E-state index < -0.39 is 5.82 Å². The predicted molar refractivity (Wildman–Crippen MR) is 75.2 cm³/mol. The van der Waals surface area contributed by atoms with Crippen molar-refractivity contribution in [1.82, 2.24) is 5.32 Å². The Balaban J connectivity index is 2.10. The van der Waals surface area contributed by atoms with E-state index in [1.807, 2.05) is 0 Å². The fourth-order valence-corrected chi connectivity index (χ4v) is 2.73. The number of hydrogen-bond donors (Lipinski definition) is 2. The summed E-state index contributed by atoms with van der Waals surface area (Å²) in [7, 11) is 0. The Labute approximate surface area is 121 Å². The average Bonchev–Trinajstić information content (AvgIpc) is 2.33. The third kappa shape index (κ3) is 3.59. The monoisotopic (exact) mass is 304 g/mol. The Kier molecular flexibility index (Phi) is 4.66. The van der Waals surface area contributed by atoms with Gasteiger partial charge in [0.2, 0.25) is 5.91 Å². The lowest BCUT2D eigenvalue weighted by Crippen LogP contribution is -2.45. The summed E-state index contributed by atoms with van der Waals surface area (Å²) in [5.41, 5.74) is 0.259. The maximum atomic E-state index is 13.1. The highest BCUT2D eigenvalue weighted by atomic mass is 35.5. The van der Waals surface area contributed by atoms with Crippen molar-refractivity contribution in [2.24, 2.45) is 5.92 Å². The van der Waals surface area contributed by atoms with Gasteiger partial charge in [0.05, 0.1) is 21.8 Å². The van der Waals surface area contributed by atoms with Crippen molar-refractivity contribution in [1.29, 1.82) is 0 Å². The van der Waals surface area contributed by atoms with Crippen LogP contribution < -0.4 is 10.6 Å². The first-order valence-electron chi connectivity index (χ1n) is 6.16. The molecule has 2 rings (SSSR count). The molecule has 0 aromatic heterocycles. The highest BCUT2D eigenvalue weighted by Crippen LogP contribution is 2.31. The van der Waals surface area contributed by atoms with E-state index in [1.165, 1.54) is 0 Å². The molecule has 19 heavy (non-hydrogen) atoms. The van der Waals surface area contributed by atoms with E-state index in [2.05, 4.69) is 17.6 Å². The Hall–Kier alpha value is -0.840. The molecule has 104 valence electrons. The number of piperidine rings is 1. The summed E-state index contributed by atoms with van der Waals surface area (Å²) in [6.45, 7) is 2.92. The van der Waals surface area contributed by atoms with Gasteiger partial charge in [0.1, 0.15) is 5.82 Å². The van der Waals surface area contributed by atoms with Crippen LogP contribution in [0.4, 0.5) is 10.1 Å². The third-order valence-corrected chi connectivity index (χ3v) is 3.83. The van der Waals surface area contributed by atoms with Gasteiger partial charge in [-0.1, -0.05) is 30.1 Å². The van der Waals surface area contributed by atoms with Crippen LogP contribution >= 0.6 is 23.2 Å². The summed E-state index contributed by atoms with van der Waals surface area (Å²) in [6.07, 6.45) is 1.82. The summed E-state index contributed by atoms with van der Waals surface area (Å²) < 4.78 is 13.1. The van der Waals surface area contributed by atoms with Gasteiger partial charge in [-0.2, -0.15) is 0 Å². The van der Waals surface area contributed by atoms with Gasteiger partial charge in [-0.25, -0.2) is 4.39 Å². The lowest BCUT2D eigenvalue weighted by atomic mass is 9.94. The van der Waals surface area contributed by atoms with Gasteiger partial charge in [-0.05, 0) is 37.4 Å². The van der Waals surface area contributed by atoms with Crippen molar-refractivity contribution in [2.75, 3.05) is 11.9 Å². The number of rotatable bonds is 2. The summed E-state index contributed by atoms with van der Waals surface area (Å²) in [5.74, 6) is -0.226. The molecule has 0 spiro atoms.